The Morgan fingerprint density at radius 1 is 1.29 bits per heavy atom. The number of thiazole rings is 1. The molecular weight excluding hydrogens is 210 g/mol. The SMILES string of the molecule is Cc1nc2cc([B-](F)(F)F)ccc2s1. The van der Waals surface area contributed by atoms with Crippen molar-refractivity contribution in [2.24, 2.45) is 0 Å². The van der Waals surface area contributed by atoms with Gasteiger partial charge in [0.1, 0.15) is 0 Å². The third kappa shape index (κ3) is 1.62. The van der Waals surface area contributed by atoms with E-state index in [1.54, 1.807) is 6.92 Å². The van der Waals surface area contributed by atoms with Gasteiger partial charge in [0.15, 0.2) is 0 Å². The van der Waals surface area contributed by atoms with Crippen LogP contribution in [0.3, 0.4) is 0 Å². The maximum absolute atomic E-state index is 12.4. The quantitative estimate of drug-likeness (QED) is 0.667. The lowest BCUT2D eigenvalue weighted by molar-refractivity contribution is 0.501. The Kier molecular flexibility index (Phi) is 2.03. The molecule has 2 rings (SSSR count). The molecular formula is C8H6BF3NS-. The number of rotatable bonds is 1. The molecule has 6 heteroatoms. The van der Waals surface area contributed by atoms with E-state index >= 15 is 0 Å². The fourth-order valence-electron chi connectivity index (χ4n) is 1.26. The number of halogens is 3. The zero-order chi connectivity index (χ0) is 10.3. The average Bonchev–Trinajstić information content (AvgIpc) is 2.41. The molecule has 14 heavy (non-hydrogen) atoms. The fraction of sp³-hybridized carbons (Fsp3) is 0.125. The van der Waals surface area contributed by atoms with Gasteiger partial charge in [0.25, 0.3) is 0 Å². The molecule has 1 nitrogen and oxygen atoms in total. The first-order valence-corrected chi connectivity index (χ1v) is 4.85. The first-order chi connectivity index (χ1) is 6.47. The molecule has 0 amide bonds. The van der Waals surface area contributed by atoms with Gasteiger partial charge in [0.05, 0.1) is 15.2 Å². The zero-order valence-corrected chi connectivity index (χ0v) is 8.12. The zero-order valence-electron chi connectivity index (χ0n) is 7.30. The van der Waals surface area contributed by atoms with E-state index in [0.29, 0.717) is 5.52 Å². The number of nitrogens with zero attached hydrogens (tertiary/aromatic N) is 1. The molecule has 1 heterocycles. The number of aryl methyl sites for hydroxylation is 1. The number of fused-ring (bicyclic) bond motifs is 1. The Balaban J connectivity index is 2.62. The van der Waals surface area contributed by atoms with Crippen molar-refractivity contribution in [3.05, 3.63) is 23.2 Å². The molecule has 0 saturated heterocycles. The molecule has 0 atom stereocenters. The van der Waals surface area contributed by atoms with Gasteiger partial charge in [-0.15, -0.1) is 16.8 Å². The molecule has 0 bridgehead atoms. The lowest BCUT2D eigenvalue weighted by Crippen LogP contribution is -2.33. The molecule has 0 N–H and O–H groups in total. The molecule has 0 spiro atoms. The number of hydrogen-bond donors (Lipinski definition) is 0. The standard InChI is InChI=1S/C8H6BF3NS/c1-5-13-7-4-6(9(10,11)12)2-3-8(7)14-5/h2-4H,1H3/q-1. The molecule has 0 aliphatic rings. The summed E-state index contributed by atoms with van der Waals surface area (Å²) in [4.78, 5) is 4.02. The topological polar surface area (TPSA) is 12.9 Å². The van der Waals surface area contributed by atoms with Gasteiger partial charge in [0.2, 0.25) is 0 Å². The van der Waals surface area contributed by atoms with Gasteiger partial charge in [-0.1, -0.05) is 12.1 Å². The summed E-state index contributed by atoms with van der Waals surface area (Å²) in [5.74, 6) is 0. The van der Waals surface area contributed by atoms with Crippen LogP contribution in [0.25, 0.3) is 10.2 Å². The van der Waals surface area contributed by atoms with E-state index in [9.17, 15) is 12.9 Å². The van der Waals surface area contributed by atoms with Crippen molar-refractivity contribution in [3.8, 4) is 0 Å². The lowest BCUT2D eigenvalue weighted by atomic mass is 9.80. The maximum Gasteiger partial charge on any atom is 0.509 e. The third-order valence-corrected chi connectivity index (χ3v) is 2.85. The second kappa shape index (κ2) is 2.98. The first-order valence-electron chi connectivity index (χ1n) is 4.04. The van der Waals surface area contributed by atoms with Gasteiger partial charge in [-0.3, -0.25) is 0 Å². The minimum absolute atomic E-state index is 0.434. The highest BCUT2D eigenvalue weighted by molar-refractivity contribution is 7.18. The Bertz CT molecular complexity index is 477. The predicted octanol–water partition coefficient (Wildman–Crippen LogP) is 2.66. The Labute approximate surface area is 82.6 Å². The maximum atomic E-state index is 12.4. The minimum Gasteiger partial charge on any atom is -0.445 e. The molecule has 0 saturated carbocycles. The monoisotopic (exact) mass is 216 g/mol. The van der Waals surface area contributed by atoms with Crippen LogP contribution in [0.4, 0.5) is 12.9 Å². The average molecular weight is 216 g/mol. The van der Waals surface area contributed by atoms with E-state index in [4.69, 9.17) is 0 Å². The summed E-state index contributed by atoms with van der Waals surface area (Å²) in [5, 5.41) is 0.784. The van der Waals surface area contributed by atoms with E-state index in [1.165, 1.54) is 17.4 Å². The summed E-state index contributed by atoms with van der Waals surface area (Å²) < 4.78 is 37.9. The second-order valence-electron chi connectivity index (χ2n) is 3.03. The van der Waals surface area contributed by atoms with Crippen LogP contribution in [0.1, 0.15) is 5.01 Å². The molecule has 1 aromatic carbocycles. The summed E-state index contributed by atoms with van der Waals surface area (Å²) in [6.07, 6.45) is 0. The summed E-state index contributed by atoms with van der Waals surface area (Å²) in [6.45, 7) is -3.13. The van der Waals surface area contributed by atoms with Gasteiger partial charge in [0, 0.05) is 0 Å². The molecule has 0 radical (unpaired) electrons. The van der Waals surface area contributed by atoms with Crippen molar-refractivity contribution >= 4 is 34.0 Å². The van der Waals surface area contributed by atoms with Crippen LogP contribution in [0, 0.1) is 6.92 Å². The van der Waals surface area contributed by atoms with E-state index < -0.39 is 12.4 Å². The van der Waals surface area contributed by atoms with E-state index in [1.807, 2.05) is 0 Å². The lowest BCUT2D eigenvalue weighted by Gasteiger charge is -2.13. The Morgan fingerprint density at radius 3 is 2.64 bits per heavy atom. The molecule has 0 fully saturated rings. The van der Waals surface area contributed by atoms with Gasteiger partial charge >= 0.3 is 6.98 Å². The summed E-state index contributed by atoms with van der Waals surface area (Å²) in [7, 11) is 0. The van der Waals surface area contributed by atoms with Crippen LogP contribution in [0.5, 0.6) is 0 Å². The van der Waals surface area contributed by atoms with Crippen molar-refractivity contribution in [2.45, 2.75) is 6.92 Å². The summed E-state index contributed by atoms with van der Waals surface area (Å²) in [5.41, 5.74) is -0.146. The van der Waals surface area contributed by atoms with Crippen LogP contribution in [-0.4, -0.2) is 12.0 Å². The number of aromatic nitrogens is 1. The fourth-order valence-corrected chi connectivity index (χ4v) is 2.07. The van der Waals surface area contributed by atoms with Crippen LogP contribution in [-0.2, 0) is 0 Å². The summed E-state index contributed by atoms with van der Waals surface area (Å²) >= 11 is 1.40. The molecule has 1 aromatic heterocycles. The van der Waals surface area contributed by atoms with E-state index in [0.717, 1.165) is 21.8 Å². The number of benzene rings is 1. The Hall–Kier alpha value is -1.04. The predicted molar refractivity (Wildman–Crippen MR) is 53.1 cm³/mol. The van der Waals surface area contributed by atoms with Crippen LogP contribution in [0.2, 0.25) is 0 Å². The van der Waals surface area contributed by atoms with Crippen LogP contribution < -0.4 is 5.46 Å². The van der Waals surface area contributed by atoms with Crippen molar-refractivity contribution in [3.63, 3.8) is 0 Å². The molecule has 0 unspecified atom stereocenters. The second-order valence-corrected chi connectivity index (χ2v) is 4.27. The van der Waals surface area contributed by atoms with Crippen LogP contribution >= 0.6 is 11.3 Å². The first kappa shape index (κ1) is 9.52. The van der Waals surface area contributed by atoms with E-state index in [2.05, 4.69) is 4.98 Å². The van der Waals surface area contributed by atoms with Crippen molar-refractivity contribution in [1.29, 1.82) is 0 Å². The normalized spacial score (nSPS) is 12.3. The molecule has 0 aliphatic heterocycles. The van der Waals surface area contributed by atoms with Gasteiger partial charge in [-0.05, 0) is 13.0 Å². The van der Waals surface area contributed by atoms with Gasteiger partial charge in [-0.25, -0.2) is 4.98 Å². The van der Waals surface area contributed by atoms with Gasteiger partial charge < -0.3 is 12.9 Å². The van der Waals surface area contributed by atoms with E-state index in [-0.39, 0.29) is 0 Å². The molecule has 2 aromatic rings. The van der Waals surface area contributed by atoms with Crippen molar-refractivity contribution in [2.75, 3.05) is 0 Å². The summed E-state index contributed by atoms with van der Waals surface area (Å²) in [6, 6.07) is 3.70. The smallest absolute Gasteiger partial charge is 0.445 e. The number of hydrogen-bond acceptors (Lipinski definition) is 2. The van der Waals surface area contributed by atoms with Crippen molar-refractivity contribution in [1.82, 2.24) is 4.98 Å². The highest BCUT2D eigenvalue weighted by Crippen LogP contribution is 2.21. The van der Waals surface area contributed by atoms with Crippen LogP contribution in [0.15, 0.2) is 18.2 Å². The minimum atomic E-state index is -4.91. The largest absolute Gasteiger partial charge is 0.509 e. The highest BCUT2D eigenvalue weighted by atomic mass is 32.1. The third-order valence-electron chi connectivity index (χ3n) is 1.90. The highest BCUT2D eigenvalue weighted by Gasteiger charge is 2.25. The molecule has 0 aliphatic carbocycles. The Morgan fingerprint density at radius 2 is 2.00 bits per heavy atom. The van der Waals surface area contributed by atoms with Gasteiger partial charge in [-0.2, -0.15) is 0 Å². The van der Waals surface area contributed by atoms with Crippen molar-refractivity contribution < 1.29 is 12.9 Å². The molecule has 74 valence electrons.